The van der Waals surface area contributed by atoms with Gasteiger partial charge in [0.15, 0.2) is 6.61 Å². The van der Waals surface area contributed by atoms with Gasteiger partial charge in [-0.2, -0.15) is 0 Å². The fourth-order valence-corrected chi connectivity index (χ4v) is 2.84. The van der Waals surface area contributed by atoms with Crippen molar-refractivity contribution in [1.29, 1.82) is 0 Å². The molecule has 2 rings (SSSR count). The van der Waals surface area contributed by atoms with Crippen LogP contribution in [0.5, 0.6) is 5.75 Å². The lowest BCUT2D eigenvalue weighted by molar-refractivity contribution is -0.118. The smallest absolute Gasteiger partial charge is 0.338 e. The summed E-state index contributed by atoms with van der Waals surface area (Å²) in [5.74, 6) is -0.0164. The minimum Gasteiger partial charge on any atom is -0.483 e. The largest absolute Gasteiger partial charge is 0.483 e. The molecular weight excluding hydrogens is 410 g/mol. The molecule has 0 heterocycles. The summed E-state index contributed by atoms with van der Waals surface area (Å²) in [5, 5.41) is 2.74. The van der Waals surface area contributed by atoms with Gasteiger partial charge in [0, 0.05) is 5.69 Å². The number of carbonyl (C=O) groups is 2. The Balaban J connectivity index is 1.84. The highest BCUT2D eigenvalue weighted by Gasteiger charge is 2.09. The normalized spacial score (nSPS) is 10.3. The first-order chi connectivity index (χ1) is 13.0. The first-order valence-corrected chi connectivity index (χ1v) is 9.81. The average molecular weight is 434 g/mol. The number of nitrogens with one attached hydrogen (secondary N) is 1. The summed E-state index contributed by atoms with van der Waals surface area (Å²) in [6, 6.07) is 12.4. The molecule has 2 aromatic carbocycles. The van der Waals surface area contributed by atoms with Gasteiger partial charge in [0.2, 0.25) is 0 Å². The third kappa shape index (κ3) is 6.71. The molecule has 27 heavy (non-hydrogen) atoms. The van der Waals surface area contributed by atoms with E-state index in [9.17, 15) is 9.59 Å². The molecule has 144 valence electrons. The molecule has 0 aliphatic carbocycles. The Labute approximate surface area is 168 Å². The van der Waals surface area contributed by atoms with Crippen LogP contribution in [0.2, 0.25) is 0 Å². The number of hydrogen-bond acceptors (Lipinski definition) is 4. The lowest BCUT2D eigenvalue weighted by Crippen LogP contribution is -2.20. The SMILES string of the molecule is CCCCOC(=O)c1ccc(NC(=O)COc2ccc(CC)cc2Br)cc1. The van der Waals surface area contributed by atoms with Crippen LogP contribution in [0.3, 0.4) is 0 Å². The first-order valence-electron chi connectivity index (χ1n) is 9.01. The van der Waals surface area contributed by atoms with Gasteiger partial charge in [-0.05, 0) is 70.7 Å². The molecule has 0 spiro atoms. The molecule has 0 bridgehead atoms. The van der Waals surface area contributed by atoms with Gasteiger partial charge in [0.05, 0.1) is 16.6 Å². The fourth-order valence-electron chi connectivity index (χ4n) is 2.30. The van der Waals surface area contributed by atoms with Gasteiger partial charge >= 0.3 is 5.97 Å². The monoisotopic (exact) mass is 433 g/mol. The van der Waals surface area contributed by atoms with Crippen LogP contribution in [0.25, 0.3) is 0 Å². The Hall–Kier alpha value is -2.34. The van der Waals surface area contributed by atoms with Crippen molar-refractivity contribution in [2.75, 3.05) is 18.5 Å². The van der Waals surface area contributed by atoms with E-state index >= 15 is 0 Å². The van der Waals surface area contributed by atoms with E-state index in [1.54, 1.807) is 24.3 Å². The lowest BCUT2D eigenvalue weighted by atomic mass is 10.2. The van der Waals surface area contributed by atoms with Crippen molar-refractivity contribution in [2.45, 2.75) is 33.1 Å². The van der Waals surface area contributed by atoms with E-state index in [1.165, 1.54) is 5.56 Å². The van der Waals surface area contributed by atoms with E-state index in [0.717, 1.165) is 23.7 Å². The number of esters is 1. The summed E-state index contributed by atoms with van der Waals surface area (Å²) >= 11 is 3.45. The van der Waals surface area contributed by atoms with Gasteiger partial charge in [-0.15, -0.1) is 0 Å². The second kappa shape index (κ2) is 10.7. The van der Waals surface area contributed by atoms with Gasteiger partial charge < -0.3 is 14.8 Å². The zero-order valence-electron chi connectivity index (χ0n) is 15.6. The van der Waals surface area contributed by atoms with Crippen LogP contribution in [0.1, 0.15) is 42.6 Å². The van der Waals surface area contributed by atoms with Crippen molar-refractivity contribution < 1.29 is 19.1 Å². The topological polar surface area (TPSA) is 64.6 Å². The Kier molecular flexibility index (Phi) is 8.33. The quantitative estimate of drug-likeness (QED) is 0.446. The molecule has 0 aromatic heterocycles. The highest BCUT2D eigenvalue weighted by molar-refractivity contribution is 9.10. The third-order valence-electron chi connectivity index (χ3n) is 3.90. The van der Waals surface area contributed by atoms with Crippen molar-refractivity contribution in [3.8, 4) is 5.75 Å². The highest BCUT2D eigenvalue weighted by Crippen LogP contribution is 2.26. The van der Waals surface area contributed by atoms with Gasteiger partial charge in [-0.3, -0.25) is 4.79 Å². The van der Waals surface area contributed by atoms with E-state index in [4.69, 9.17) is 9.47 Å². The number of carbonyl (C=O) groups excluding carboxylic acids is 2. The molecule has 1 N–H and O–H groups in total. The molecule has 0 fully saturated rings. The molecule has 0 atom stereocenters. The van der Waals surface area contributed by atoms with E-state index in [0.29, 0.717) is 23.6 Å². The summed E-state index contributed by atoms with van der Waals surface area (Å²) in [5.41, 5.74) is 2.24. The van der Waals surface area contributed by atoms with Gasteiger partial charge in [-0.1, -0.05) is 26.3 Å². The van der Waals surface area contributed by atoms with Gasteiger partial charge in [0.25, 0.3) is 5.91 Å². The number of rotatable bonds is 9. The molecule has 2 aromatic rings. The molecule has 1 amide bonds. The summed E-state index contributed by atoms with van der Waals surface area (Å²) in [4.78, 5) is 23.9. The Morgan fingerprint density at radius 3 is 2.44 bits per heavy atom. The number of anilines is 1. The summed E-state index contributed by atoms with van der Waals surface area (Å²) in [6.45, 7) is 4.42. The zero-order chi connectivity index (χ0) is 19.6. The number of hydrogen-bond donors (Lipinski definition) is 1. The van der Waals surface area contributed by atoms with Crippen molar-refractivity contribution >= 4 is 33.5 Å². The molecule has 0 saturated carbocycles. The molecule has 0 aliphatic rings. The molecule has 0 unspecified atom stereocenters. The second-order valence-corrected chi connectivity index (χ2v) is 6.88. The Bertz CT molecular complexity index is 774. The molecule has 0 aliphatic heterocycles. The van der Waals surface area contributed by atoms with Crippen LogP contribution in [-0.4, -0.2) is 25.1 Å². The lowest BCUT2D eigenvalue weighted by Gasteiger charge is -2.10. The maximum Gasteiger partial charge on any atom is 0.338 e. The van der Waals surface area contributed by atoms with E-state index in [-0.39, 0.29) is 18.5 Å². The number of halogens is 1. The molecule has 0 radical (unpaired) electrons. The van der Waals surface area contributed by atoms with Gasteiger partial charge in [0.1, 0.15) is 5.75 Å². The maximum atomic E-state index is 12.1. The second-order valence-electron chi connectivity index (χ2n) is 6.02. The van der Waals surface area contributed by atoms with Crippen LogP contribution in [0.4, 0.5) is 5.69 Å². The summed E-state index contributed by atoms with van der Waals surface area (Å²) in [7, 11) is 0. The minimum atomic E-state index is -0.356. The Morgan fingerprint density at radius 2 is 1.81 bits per heavy atom. The van der Waals surface area contributed by atoms with Crippen LogP contribution < -0.4 is 10.1 Å². The molecule has 0 saturated heterocycles. The number of ether oxygens (including phenoxy) is 2. The number of benzene rings is 2. The van der Waals surface area contributed by atoms with Crippen LogP contribution in [-0.2, 0) is 16.0 Å². The van der Waals surface area contributed by atoms with Crippen LogP contribution >= 0.6 is 15.9 Å². The van der Waals surface area contributed by atoms with Gasteiger partial charge in [-0.25, -0.2) is 4.79 Å². The van der Waals surface area contributed by atoms with Crippen molar-refractivity contribution in [2.24, 2.45) is 0 Å². The zero-order valence-corrected chi connectivity index (χ0v) is 17.2. The van der Waals surface area contributed by atoms with Crippen molar-refractivity contribution in [3.05, 3.63) is 58.1 Å². The summed E-state index contributed by atoms with van der Waals surface area (Å²) in [6.07, 6.45) is 2.75. The fraction of sp³-hybridized carbons (Fsp3) is 0.333. The maximum absolute atomic E-state index is 12.1. The highest BCUT2D eigenvalue weighted by atomic mass is 79.9. The Morgan fingerprint density at radius 1 is 1.07 bits per heavy atom. The number of unbranched alkanes of at least 4 members (excludes halogenated alkanes) is 1. The van der Waals surface area contributed by atoms with Crippen LogP contribution in [0.15, 0.2) is 46.9 Å². The molecule has 6 heteroatoms. The van der Waals surface area contributed by atoms with E-state index in [1.807, 2.05) is 25.1 Å². The minimum absolute atomic E-state index is 0.106. The molecule has 5 nitrogen and oxygen atoms in total. The number of aryl methyl sites for hydroxylation is 1. The third-order valence-corrected chi connectivity index (χ3v) is 4.52. The molecular formula is C21H24BrNO4. The predicted molar refractivity (Wildman–Crippen MR) is 109 cm³/mol. The average Bonchev–Trinajstić information content (AvgIpc) is 2.67. The van der Waals surface area contributed by atoms with Crippen molar-refractivity contribution in [3.63, 3.8) is 0 Å². The first kappa shape index (κ1) is 21.0. The van der Waals surface area contributed by atoms with Crippen molar-refractivity contribution in [1.82, 2.24) is 0 Å². The summed E-state index contributed by atoms with van der Waals surface area (Å²) < 4.78 is 11.5. The van der Waals surface area contributed by atoms with E-state index in [2.05, 4.69) is 28.2 Å². The van der Waals surface area contributed by atoms with E-state index < -0.39 is 0 Å². The predicted octanol–water partition coefficient (Wildman–Crippen LogP) is 4.99. The number of amides is 1. The standard InChI is InChI=1S/C21H24BrNO4/c1-3-5-12-26-21(25)16-7-9-17(10-8-16)23-20(24)14-27-19-11-6-15(4-2)13-18(19)22/h6-11,13H,3-5,12,14H2,1-2H3,(H,23,24). The van der Waals surface area contributed by atoms with Crippen LogP contribution in [0, 0.1) is 0 Å².